The fraction of sp³-hybridized carbons (Fsp3) is 0.381. The molecule has 0 bridgehead atoms. The summed E-state index contributed by atoms with van der Waals surface area (Å²) in [6.07, 6.45) is 0.622. The molecule has 0 unspecified atom stereocenters. The largest absolute Gasteiger partial charge is 0.459 e. The highest BCUT2D eigenvalue weighted by Gasteiger charge is 2.42. The van der Waals surface area contributed by atoms with Gasteiger partial charge in [0.25, 0.3) is 5.91 Å². The van der Waals surface area contributed by atoms with Crippen LogP contribution in [-0.2, 0) is 32.2 Å². The number of nitrogens with zero attached hydrogens (tertiary/aromatic N) is 1. The lowest BCUT2D eigenvalue weighted by atomic mass is 9.89. The van der Waals surface area contributed by atoms with E-state index in [2.05, 4.69) is 41.4 Å². The first kappa shape index (κ1) is 35.5. The monoisotopic (exact) mass is 676 g/mol. The Hall–Kier alpha value is -4.34. The SMILES string of the molecule is C[C@@H]1[C@H](CN2CCC[C@H]2C(=O)OC(C)(C)C)O[C@H](c2ccc(-c3cccc(CNC(=O)c4ccccc4)c3)cc2)O[C@@H]1c1ccc(CO)cc1. The summed E-state index contributed by atoms with van der Waals surface area (Å²) in [6, 6.07) is 33.2. The Labute approximate surface area is 295 Å². The molecule has 50 heavy (non-hydrogen) atoms. The summed E-state index contributed by atoms with van der Waals surface area (Å²) >= 11 is 0. The van der Waals surface area contributed by atoms with E-state index in [-0.39, 0.29) is 42.7 Å². The minimum Gasteiger partial charge on any atom is -0.459 e. The van der Waals surface area contributed by atoms with Gasteiger partial charge < -0.3 is 24.6 Å². The molecule has 8 nitrogen and oxygen atoms in total. The summed E-state index contributed by atoms with van der Waals surface area (Å²) in [6.45, 7) is 9.65. The Bertz CT molecular complexity index is 1740. The van der Waals surface area contributed by atoms with E-state index in [1.54, 1.807) is 12.1 Å². The summed E-state index contributed by atoms with van der Waals surface area (Å²) in [4.78, 5) is 27.9. The maximum Gasteiger partial charge on any atom is 0.323 e. The standard InChI is InChI=1S/C42H48N2O6/c1-28-37(26-44-23-9-14-36(44)40(47)50-42(2,3)4)48-41(49-38(28)32-17-15-29(27-45)16-18-32)34-21-19-31(20-22-34)35-13-8-10-30(24-35)25-43-39(46)33-11-6-5-7-12-33/h5-8,10-13,15-22,24,28,36-38,41,45H,9,14,23,25-27H2,1-4H3,(H,43,46)/t28-,36+,37+,38+,41+/m1/s1. The predicted octanol–water partition coefficient (Wildman–Crippen LogP) is 7.37. The highest BCUT2D eigenvalue weighted by molar-refractivity contribution is 5.94. The number of esters is 1. The number of nitrogens with one attached hydrogen (secondary N) is 1. The molecule has 5 atom stereocenters. The third kappa shape index (κ3) is 8.68. The number of benzene rings is 4. The van der Waals surface area contributed by atoms with E-state index in [1.165, 1.54) is 0 Å². The van der Waals surface area contributed by atoms with Crippen molar-refractivity contribution in [2.45, 2.75) is 83.8 Å². The molecule has 2 fully saturated rings. The van der Waals surface area contributed by atoms with Gasteiger partial charge >= 0.3 is 5.97 Å². The molecule has 1 amide bonds. The molecule has 0 radical (unpaired) electrons. The maximum absolute atomic E-state index is 13.2. The van der Waals surface area contributed by atoms with Gasteiger partial charge in [-0.1, -0.05) is 91.9 Å². The van der Waals surface area contributed by atoms with Crippen molar-refractivity contribution >= 4 is 11.9 Å². The van der Waals surface area contributed by atoms with Gasteiger partial charge in [0.05, 0.1) is 18.8 Å². The van der Waals surface area contributed by atoms with Crippen molar-refractivity contribution in [1.82, 2.24) is 10.2 Å². The van der Waals surface area contributed by atoms with Crippen LogP contribution in [0.5, 0.6) is 0 Å². The second-order valence-electron chi connectivity index (χ2n) is 14.4. The smallest absolute Gasteiger partial charge is 0.323 e. The first-order valence-corrected chi connectivity index (χ1v) is 17.6. The molecule has 0 aromatic heterocycles. The molecule has 2 heterocycles. The zero-order valence-corrected chi connectivity index (χ0v) is 29.4. The number of carbonyl (C=O) groups is 2. The van der Waals surface area contributed by atoms with Crippen molar-refractivity contribution in [3.8, 4) is 11.1 Å². The topological polar surface area (TPSA) is 97.3 Å². The van der Waals surface area contributed by atoms with Crippen LogP contribution in [0.3, 0.4) is 0 Å². The number of aliphatic hydroxyl groups excluding tert-OH is 1. The molecular weight excluding hydrogens is 628 g/mol. The van der Waals surface area contributed by atoms with Crippen molar-refractivity contribution in [2.24, 2.45) is 5.92 Å². The van der Waals surface area contributed by atoms with E-state index in [0.29, 0.717) is 18.7 Å². The molecule has 2 saturated heterocycles. The van der Waals surface area contributed by atoms with Crippen molar-refractivity contribution in [3.05, 3.63) is 131 Å². The summed E-state index contributed by atoms with van der Waals surface area (Å²) in [5, 5.41) is 12.6. The van der Waals surface area contributed by atoms with Gasteiger partial charge in [0, 0.05) is 30.1 Å². The van der Waals surface area contributed by atoms with E-state index in [1.807, 2.05) is 87.5 Å². The molecule has 4 aromatic rings. The van der Waals surface area contributed by atoms with E-state index >= 15 is 0 Å². The predicted molar refractivity (Wildman–Crippen MR) is 193 cm³/mol. The lowest BCUT2D eigenvalue weighted by molar-refractivity contribution is -0.276. The van der Waals surface area contributed by atoms with Crippen LogP contribution in [0.2, 0.25) is 0 Å². The van der Waals surface area contributed by atoms with E-state index in [4.69, 9.17) is 14.2 Å². The highest BCUT2D eigenvalue weighted by Crippen LogP contribution is 2.42. The fourth-order valence-corrected chi connectivity index (χ4v) is 6.81. The zero-order chi connectivity index (χ0) is 35.3. The lowest BCUT2D eigenvalue weighted by Crippen LogP contribution is -2.48. The third-order valence-electron chi connectivity index (χ3n) is 9.51. The van der Waals surface area contributed by atoms with Gasteiger partial charge in [0.2, 0.25) is 0 Å². The molecule has 0 aliphatic carbocycles. The van der Waals surface area contributed by atoms with Crippen LogP contribution in [0.25, 0.3) is 11.1 Å². The van der Waals surface area contributed by atoms with Crippen LogP contribution in [0.4, 0.5) is 0 Å². The quantitative estimate of drug-likeness (QED) is 0.169. The first-order valence-electron chi connectivity index (χ1n) is 17.6. The van der Waals surface area contributed by atoms with Crippen molar-refractivity contribution in [2.75, 3.05) is 13.1 Å². The minimum absolute atomic E-state index is 0.00416. The Morgan fingerprint density at radius 3 is 2.28 bits per heavy atom. The minimum atomic E-state index is -0.616. The second-order valence-corrected chi connectivity index (χ2v) is 14.4. The number of amides is 1. The zero-order valence-electron chi connectivity index (χ0n) is 29.4. The number of hydrogen-bond acceptors (Lipinski definition) is 7. The summed E-state index contributed by atoms with van der Waals surface area (Å²) < 4.78 is 19.2. The lowest BCUT2D eigenvalue weighted by Gasteiger charge is -2.43. The van der Waals surface area contributed by atoms with Crippen molar-refractivity contribution in [1.29, 1.82) is 0 Å². The Morgan fingerprint density at radius 1 is 0.860 bits per heavy atom. The number of rotatable bonds is 10. The normalized spacial score (nSPS) is 22.6. The van der Waals surface area contributed by atoms with E-state index in [9.17, 15) is 14.7 Å². The Balaban J connectivity index is 1.19. The molecule has 8 heteroatoms. The van der Waals surface area contributed by atoms with Crippen LogP contribution in [0.15, 0.2) is 103 Å². The molecule has 2 aliphatic heterocycles. The number of hydrogen-bond donors (Lipinski definition) is 2. The number of likely N-dealkylation sites (tertiary alicyclic amines) is 1. The number of aliphatic hydroxyl groups is 1. The number of carbonyl (C=O) groups excluding carboxylic acids is 2. The van der Waals surface area contributed by atoms with E-state index < -0.39 is 11.9 Å². The molecular formula is C42H48N2O6. The van der Waals surface area contributed by atoms with Gasteiger partial charge in [-0.05, 0) is 86.2 Å². The summed E-state index contributed by atoms with van der Waals surface area (Å²) in [5.74, 6) is -0.288. The third-order valence-corrected chi connectivity index (χ3v) is 9.51. The van der Waals surface area contributed by atoms with Gasteiger partial charge in [-0.15, -0.1) is 0 Å². The van der Waals surface area contributed by atoms with Gasteiger partial charge in [-0.3, -0.25) is 14.5 Å². The first-order chi connectivity index (χ1) is 24.1. The average Bonchev–Trinajstić information content (AvgIpc) is 3.60. The molecule has 4 aromatic carbocycles. The maximum atomic E-state index is 13.2. The number of ether oxygens (including phenoxy) is 3. The van der Waals surface area contributed by atoms with Crippen molar-refractivity contribution < 1.29 is 28.9 Å². The van der Waals surface area contributed by atoms with Crippen LogP contribution >= 0.6 is 0 Å². The molecule has 0 saturated carbocycles. The van der Waals surface area contributed by atoms with Gasteiger partial charge in [0.15, 0.2) is 6.29 Å². The molecule has 262 valence electrons. The van der Waals surface area contributed by atoms with E-state index in [0.717, 1.165) is 52.8 Å². The van der Waals surface area contributed by atoms with Crippen LogP contribution < -0.4 is 5.32 Å². The summed E-state index contributed by atoms with van der Waals surface area (Å²) in [5.41, 5.74) is 5.95. The molecule has 0 spiro atoms. The average molecular weight is 677 g/mol. The second kappa shape index (κ2) is 15.7. The summed E-state index contributed by atoms with van der Waals surface area (Å²) in [7, 11) is 0. The van der Waals surface area contributed by atoms with Gasteiger partial charge in [-0.2, -0.15) is 0 Å². The van der Waals surface area contributed by atoms with Crippen molar-refractivity contribution in [3.63, 3.8) is 0 Å². The Morgan fingerprint density at radius 2 is 1.58 bits per heavy atom. The van der Waals surface area contributed by atoms with Crippen LogP contribution in [0.1, 0.15) is 85.5 Å². The van der Waals surface area contributed by atoms with Crippen LogP contribution in [-0.4, -0.2) is 52.7 Å². The van der Waals surface area contributed by atoms with Crippen LogP contribution in [0, 0.1) is 5.92 Å². The highest BCUT2D eigenvalue weighted by atomic mass is 16.7. The molecule has 2 N–H and O–H groups in total. The fourth-order valence-electron chi connectivity index (χ4n) is 6.81. The molecule has 2 aliphatic rings. The van der Waals surface area contributed by atoms with Gasteiger partial charge in [0.1, 0.15) is 11.6 Å². The Kier molecular flexibility index (Phi) is 11.1. The molecule has 6 rings (SSSR count). The van der Waals surface area contributed by atoms with Gasteiger partial charge in [-0.25, -0.2) is 0 Å².